The minimum Gasteiger partial charge on any atom is -0.348 e. The predicted octanol–water partition coefficient (Wildman–Crippen LogP) is 3.51. The Bertz CT molecular complexity index is 637. The van der Waals surface area contributed by atoms with Crippen LogP contribution in [0.5, 0.6) is 0 Å². The van der Waals surface area contributed by atoms with Crippen LogP contribution in [0.25, 0.3) is 0 Å². The summed E-state index contributed by atoms with van der Waals surface area (Å²) in [6, 6.07) is 18.1. The highest BCUT2D eigenvalue weighted by molar-refractivity contribution is 9.10. The fourth-order valence-corrected chi connectivity index (χ4v) is 2.83. The van der Waals surface area contributed by atoms with E-state index in [2.05, 4.69) is 38.3 Å². The summed E-state index contributed by atoms with van der Waals surface area (Å²) in [6.07, 6.45) is 0. The molecule has 2 aromatic rings. The van der Waals surface area contributed by atoms with Gasteiger partial charge >= 0.3 is 0 Å². The minimum atomic E-state index is -0.0259. The van der Waals surface area contributed by atoms with Gasteiger partial charge in [-0.05, 0) is 30.2 Å². The molecule has 0 aliphatic heterocycles. The summed E-state index contributed by atoms with van der Waals surface area (Å²) in [6.45, 7) is 4.27. The first-order valence-corrected chi connectivity index (χ1v) is 8.89. The molecule has 0 aliphatic carbocycles. The van der Waals surface area contributed by atoms with Crippen molar-refractivity contribution in [2.45, 2.75) is 19.5 Å². The number of benzene rings is 2. The minimum absolute atomic E-state index is 0. The molecule has 0 radical (unpaired) electrons. The molecular formula is C19H25BrClN3O. The first-order valence-electron chi connectivity index (χ1n) is 8.09. The molecule has 0 heterocycles. The second kappa shape index (κ2) is 11.3. The highest BCUT2D eigenvalue weighted by atomic mass is 79.9. The number of hydrogen-bond donors (Lipinski definition) is 2. The van der Waals surface area contributed by atoms with Crippen molar-refractivity contribution in [1.82, 2.24) is 10.2 Å². The van der Waals surface area contributed by atoms with Crippen LogP contribution in [0.3, 0.4) is 0 Å². The highest BCUT2D eigenvalue weighted by Gasteiger charge is 2.14. The number of hydrogen-bond acceptors (Lipinski definition) is 3. The van der Waals surface area contributed by atoms with Gasteiger partial charge in [0, 0.05) is 24.1 Å². The monoisotopic (exact) mass is 425 g/mol. The molecule has 2 aromatic carbocycles. The number of carbonyl (C=O) groups excluding carboxylic acids is 1. The molecule has 0 aromatic heterocycles. The maximum atomic E-state index is 12.4. The molecule has 0 spiro atoms. The van der Waals surface area contributed by atoms with E-state index in [4.69, 9.17) is 5.73 Å². The quantitative estimate of drug-likeness (QED) is 0.679. The molecule has 1 atom stereocenters. The second-order valence-electron chi connectivity index (χ2n) is 5.83. The summed E-state index contributed by atoms with van der Waals surface area (Å²) in [5, 5.41) is 3.05. The summed E-state index contributed by atoms with van der Waals surface area (Å²) in [5.74, 6) is 0.00907. The maximum absolute atomic E-state index is 12.4. The molecule has 0 bridgehead atoms. The topological polar surface area (TPSA) is 58.4 Å². The molecule has 25 heavy (non-hydrogen) atoms. The Morgan fingerprint density at radius 2 is 1.80 bits per heavy atom. The van der Waals surface area contributed by atoms with Crippen molar-refractivity contribution in [3.8, 4) is 0 Å². The number of rotatable bonds is 8. The van der Waals surface area contributed by atoms with Crippen molar-refractivity contribution < 1.29 is 4.79 Å². The van der Waals surface area contributed by atoms with E-state index < -0.39 is 0 Å². The zero-order valence-electron chi connectivity index (χ0n) is 14.3. The Labute approximate surface area is 164 Å². The maximum Gasteiger partial charge on any atom is 0.234 e. The van der Waals surface area contributed by atoms with Crippen molar-refractivity contribution in [3.05, 3.63) is 70.2 Å². The Kier molecular flexibility index (Phi) is 9.75. The average molecular weight is 427 g/mol. The summed E-state index contributed by atoms with van der Waals surface area (Å²) >= 11 is 3.42. The van der Waals surface area contributed by atoms with E-state index in [1.165, 1.54) is 5.56 Å². The zero-order valence-corrected chi connectivity index (χ0v) is 16.7. The molecule has 4 nitrogen and oxygen atoms in total. The summed E-state index contributed by atoms with van der Waals surface area (Å²) in [4.78, 5) is 14.4. The SMILES string of the molecule is CC(NC(=O)CN(CCN)Cc1ccccc1)c1ccc(Br)cc1.Cl. The van der Waals surface area contributed by atoms with Crippen molar-refractivity contribution in [1.29, 1.82) is 0 Å². The lowest BCUT2D eigenvalue weighted by molar-refractivity contribution is -0.123. The number of halogens is 2. The molecule has 1 amide bonds. The van der Waals surface area contributed by atoms with Gasteiger partial charge in [0.25, 0.3) is 0 Å². The van der Waals surface area contributed by atoms with E-state index in [1.807, 2.05) is 49.4 Å². The van der Waals surface area contributed by atoms with Gasteiger partial charge in [0.15, 0.2) is 0 Å². The number of nitrogens with zero attached hydrogens (tertiary/aromatic N) is 1. The van der Waals surface area contributed by atoms with Gasteiger partial charge in [0.2, 0.25) is 5.91 Å². The van der Waals surface area contributed by atoms with Crippen molar-refractivity contribution in [2.24, 2.45) is 5.73 Å². The third-order valence-electron chi connectivity index (χ3n) is 3.81. The van der Waals surface area contributed by atoms with E-state index in [1.54, 1.807) is 0 Å². The van der Waals surface area contributed by atoms with Gasteiger partial charge in [-0.15, -0.1) is 12.4 Å². The predicted molar refractivity (Wildman–Crippen MR) is 109 cm³/mol. The molecule has 0 saturated heterocycles. The lowest BCUT2D eigenvalue weighted by Gasteiger charge is -2.22. The Balaban J connectivity index is 0.00000312. The van der Waals surface area contributed by atoms with Gasteiger partial charge < -0.3 is 11.1 Å². The number of nitrogens with one attached hydrogen (secondary N) is 1. The normalized spacial score (nSPS) is 11.7. The molecule has 1 unspecified atom stereocenters. The lowest BCUT2D eigenvalue weighted by atomic mass is 10.1. The smallest absolute Gasteiger partial charge is 0.234 e. The van der Waals surface area contributed by atoms with Crippen molar-refractivity contribution in [3.63, 3.8) is 0 Å². The third kappa shape index (κ3) is 7.57. The van der Waals surface area contributed by atoms with E-state index in [0.29, 0.717) is 19.6 Å². The van der Waals surface area contributed by atoms with Gasteiger partial charge in [-0.3, -0.25) is 9.69 Å². The van der Waals surface area contributed by atoms with Gasteiger partial charge in [-0.1, -0.05) is 58.4 Å². The average Bonchev–Trinajstić information content (AvgIpc) is 2.56. The Morgan fingerprint density at radius 1 is 1.16 bits per heavy atom. The molecular weight excluding hydrogens is 402 g/mol. The van der Waals surface area contributed by atoms with E-state index in [9.17, 15) is 4.79 Å². The lowest BCUT2D eigenvalue weighted by Crippen LogP contribution is -2.40. The van der Waals surface area contributed by atoms with Crippen LogP contribution in [0.1, 0.15) is 24.1 Å². The third-order valence-corrected chi connectivity index (χ3v) is 4.34. The van der Waals surface area contributed by atoms with Crippen LogP contribution in [-0.2, 0) is 11.3 Å². The van der Waals surface area contributed by atoms with Gasteiger partial charge in [-0.25, -0.2) is 0 Å². The molecule has 6 heteroatoms. The first-order chi connectivity index (χ1) is 11.6. The number of carbonyl (C=O) groups is 1. The second-order valence-corrected chi connectivity index (χ2v) is 6.74. The van der Waals surface area contributed by atoms with Crippen molar-refractivity contribution >= 4 is 34.2 Å². The summed E-state index contributed by atoms with van der Waals surface area (Å²) in [5.41, 5.74) is 7.95. The largest absolute Gasteiger partial charge is 0.348 e. The molecule has 0 fully saturated rings. The first kappa shape index (κ1) is 21.6. The molecule has 0 aliphatic rings. The van der Waals surface area contributed by atoms with Crippen molar-refractivity contribution in [2.75, 3.05) is 19.6 Å². The van der Waals surface area contributed by atoms with Crippen LogP contribution in [0.15, 0.2) is 59.1 Å². The van der Waals surface area contributed by atoms with Crippen LogP contribution in [0.4, 0.5) is 0 Å². The van der Waals surface area contributed by atoms with Crippen LogP contribution in [-0.4, -0.2) is 30.4 Å². The summed E-state index contributed by atoms with van der Waals surface area (Å²) < 4.78 is 1.03. The van der Waals surface area contributed by atoms with Crippen LogP contribution in [0.2, 0.25) is 0 Å². The molecule has 136 valence electrons. The molecule has 3 N–H and O–H groups in total. The van der Waals surface area contributed by atoms with E-state index in [-0.39, 0.29) is 24.4 Å². The van der Waals surface area contributed by atoms with Crippen LogP contribution in [0, 0.1) is 0 Å². The van der Waals surface area contributed by atoms with E-state index >= 15 is 0 Å². The fraction of sp³-hybridized carbons (Fsp3) is 0.316. The number of nitrogens with two attached hydrogens (primary N) is 1. The fourth-order valence-electron chi connectivity index (χ4n) is 2.56. The van der Waals surface area contributed by atoms with Crippen LogP contribution < -0.4 is 11.1 Å². The summed E-state index contributed by atoms with van der Waals surface area (Å²) in [7, 11) is 0. The standard InChI is InChI=1S/C19H24BrN3O.ClH/c1-15(17-7-9-18(20)10-8-17)22-19(24)14-23(12-11-21)13-16-5-3-2-4-6-16;/h2-10,15H,11-14,21H2,1H3,(H,22,24);1H. The highest BCUT2D eigenvalue weighted by Crippen LogP contribution is 2.16. The van der Waals surface area contributed by atoms with Gasteiger partial charge in [0.05, 0.1) is 12.6 Å². The molecule has 0 saturated carbocycles. The molecule has 2 rings (SSSR count). The Morgan fingerprint density at radius 3 is 2.40 bits per heavy atom. The Hall–Kier alpha value is -1.40. The number of amides is 1. The zero-order chi connectivity index (χ0) is 17.4. The van der Waals surface area contributed by atoms with Gasteiger partial charge in [-0.2, -0.15) is 0 Å². The van der Waals surface area contributed by atoms with E-state index in [0.717, 1.165) is 16.6 Å². The van der Waals surface area contributed by atoms with Crippen LogP contribution >= 0.6 is 28.3 Å². The van der Waals surface area contributed by atoms with Gasteiger partial charge in [0.1, 0.15) is 0 Å².